The van der Waals surface area contributed by atoms with Gasteiger partial charge in [-0.2, -0.15) is 0 Å². The molecule has 0 bridgehead atoms. The van der Waals surface area contributed by atoms with Crippen molar-refractivity contribution in [2.45, 2.75) is 26.4 Å². The number of hydrogen-bond acceptors (Lipinski definition) is 4. The number of nitrogens with two attached hydrogens (primary N) is 1. The van der Waals surface area contributed by atoms with Crippen molar-refractivity contribution >= 4 is 27.6 Å². The van der Waals surface area contributed by atoms with E-state index in [1.54, 1.807) is 18.2 Å². The van der Waals surface area contributed by atoms with E-state index in [0.29, 0.717) is 17.9 Å². The molecule has 0 spiro atoms. The molecule has 0 aliphatic heterocycles. The first-order chi connectivity index (χ1) is 8.29. The highest BCUT2D eigenvalue weighted by molar-refractivity contribution is 9.10. The maximum atomic E-state index is 11.7. The van der Waals surface area contributed by atoms with E-state index < -0.39 is 5.97 Å². The summed E-state index contributed by atoms with van der Waals surface area (Å²) in [6.45, 7) is 6.42. The summed E-state index contributed by atoms with van der Waals surface area (Å²) in [4.78, 5) is 11.7. The van der Waals surface area contributed by atoms with E-state index in [1.165, 1.54) is 0 Å². The first kappa shape index (κ1) is 15.0. The minimum Gasteiger partial charge on any atom is -0.460 e. The second-order valence-electron chi connectivity index (χ2n) is 4.83. The minimum absolute atomic E-state index is 0.214. The van der Waals surface area contributed by atoms with E-state index in [1.807, 2.05) is 20.8 Å². The Bertz CT molecular complexity index is 427. The molecule has 0 aromatic heterocycles. The summed E-state index contributed by atoms with van der Waals surface area (Å²) < 4.78 is 11.4. The van der Waals surface area contributed by atoms with Crippen LogP contribution in [0.2, 0.25) is 0 Å². The van der Waals surface area contributed by atoms with Crippen molar-refractivity contribution in [1.82, 2.24) is 0 Å². The first-order valence-corrected chi connectivity index (χ1v) is 6.45. The number of ether oxygens (including phenoxy) is 2. The molecule has 0 fully saturated rings. The number of carbonyl (C=O) groups excluding carboxylic acids is 1. The van der Waals surface area contributed by atoms with Crippen molar-refractivity contribution < 1.29 is 14.3 Å². The Labute approximate surface area is 116 Å². The maximum absolute atomic E-state index is 11.7. The number of nitrogen functional groups attached to an aromatic ring is 1. The van der Waals surface area contributed by atoms with E-state index in [-0.39, 0.29) is 12.2 Å². The number of rotatable bonds is 4. The molecule has 0 saturated carbocycles. The third-order valence-corrected chi connectivity index (χ3v) is 2.58. The summed E-state index contributed by atoms with van der Waals surface area (Å²) in [6, 6.07) is 5.05. The van der Waals surface area contributed by atoms with E-state index in [2.05, 4.69) is 15.9 Å². The predicted molar refractivity (Wildman–Crippen MR) is 74.5 cm³/mol. The number of benzene rings is 1. The molecule has 0 saturated heterocycles. The van der Waals surface area contributed by atoms with Crippen LogP contribution < -0.4 is 5.73 Å². The van der Waals surface area contributed by atoms with Crippen molar-refractivity contribution in [3.8, 4) is 0 Å². The molecular weight excluding hydrogens is 298 g/mol. The zero-order valence-corrected chi connectivity index (χ0v) is 12.4. The van der Waals surface area contributed by atoms with Crippen LogP contribution in [0.4, 0.5) is 5.69 Å². The molecule has 1 aromatic rings. The van der Waals surface area contributed by atoms with Gasteiger partial charge in [0.1, 0.15) is 6.61 Å². The number of halogens is 1. The zero-order chi connectivity index (χ0) is 13.8. The molecule has 18 heavy (non-hydrogen) atoms. The van der Waals surface area contributed by atoms with Crippen LogP contribution in [-0.4, -0.2) is 24.8 Å². The first-order valence-electron chi connectivity index (χ1n) is 5.66. The number of carbonyl (C=O) groups is 1. The van der Waals surface area contributed by atoms with Gasteiger partial charge in [-0.25, -0.2) is 4.79 Å². The lowest BCUT2D eigenvalue weighted by Gasteiger charge is -2.19. The lowest BCUT2D eigenvalue weighted by Crippen LogP contribution is -2.22. The van der Waals surface area contributed by atoms with Gasteiger partial charge in [0.25, 0.3) is 0 Å². The highest BCUT2D eigenvalue weighted by Crippen LogP contribution is 2.19. The van der Waals surface area contributed by atoms with E-state index in [9.17, 15) is 4.79 Å². The molecule has 2 N–H and O–H groups in total. The summed E-state index contributed by atoms with van der Waals surface area (Å²) in [5.41, 5.74) is 6.26. The maximum Gasteiger partial charge on any atom is 0.340 e. The average Bonchev–Trinajstić information content (AvgIpc) is 2.22. The molecule has 4 nitrogen and oxygen atoms in total. The molecule has 0 radical (unpaired) electrons. The second-order valence-corrected chi connectivity index (χ2v) is 5.74. The molecule has 0 heterocycles. The average molecular weight is 316 g/mol. The molecule has 0 unspecified atom stereocenters. The Morgan fingerprint density at radius 1 is 1.33 bits per heavy atom. The van der Waals surface area contributed by atoms with E-state index in [4.69, 9.17) is 15.2 Å². The van der Waals surface area contributed by atoms with E-state index >= 15 is 0 Å². The van der Waals surface area contributed by atoms with Crippen LogP contribution in [0.25, 0.3) is 0 Å². The minimum atomic E-state index is -0.433. The van der Waals surface area contributed by atoms with Crippen LogP contribution in [0.5, 0.6) is 0 Å². The van der Waals surface area contributed by atoms with Gasteiger partial charge in [0.05, 0.1) is 17.8 Å². The van der Waals surface area contributed by atoms with Crippen LogP contribution in [0.1, 0.15) is 31.1 Å². The lowest BCUT2D eigenvalue weighted by atomic mass is 10.2. The van der Waals surface area contributed by atoms with Gasteiger partial charge in [-0.1, -0.05) is 15.9 Å². The van der Waals surface area contributed by atoms with Gasteiger partial charge in [0.2, 0.25) is 0 Å². The fourth-order valence-corrected chi connectivity index (χ4v) is 1.66. The molecule has 100 valence electrons. The van der Waals surface area contributed by atoms with Gasteiger partial charge < -0.3 is 15.2 Å². The van der Waals surface area contributed by atoms with Crippen molar-refractivity contribution in [3.05, 3.63) is 28.2 Å². The molecule has 0 amide bonds. The van der Waals surface area contributed by atoms with Crippen molar-refractivity contribution in [2.75, 3.05) is 18.9 Å². The van der Waals surface area contributed by atoms with Crippen molar-refractivity contribution in [2.24, 2.45) is 0 Å². The quantitative estimate of drug-likeness (QED) is 0.527. The number of anilines is 1. The summed E-state index contributed by atoms with van der Waals surface area (Å²) in [6.07, 6.45) is 0. The Kier molecular flexibility index (Phi) is 5.16. The molecule has 1 aromatic carbocycles. The molecule has 1 rings (SSSR count). The van der Waals surface area contributed by atoms with Gasteiger partial charge in [0.15, 0.2) is 0 Å². The highest BCUT2D eigenvalue weighted by atomic mass is 79.9. The summed E-state index contributed by atoms with van der Waals surface area (Å²) in [5.74, 6) is -0.433. The lowest BCUT2D eigenvalue weighted by molar-refractivity contribution is -0.0281. The van der Waals surface area contributed by atoms with Crippen LogP contribution in [0.15, 0.2) is 22.7 Å². The summed E-state index contributed by atoms with van der Waals surface area (Å²) in [5, 5.41) is 0. The Balaban J connectivity index is 2.46. The Morgan fingerprint density at radius 2 is 2.00 bits per heavy atom. The largest absolute Gasteiger partial charge is 0.460 e. The smallest absolute Gasteiger partial charge is 0.340 e. The Hall–Kier alpha value is -1.07. The standard InChI is InChI=1S/C13H18BrNO3/c1-13(2,3)18-7-6-17-12(16)10-5-4-9(14)8-11(10)15/h4-5,8H,6-7,15H2,1-3H3. The summed E-state index contributed by atoms with van der Waals surface area (Å²) in [7, 11) is 0. The van der Waals surface area contributed by atoms with Gasteiger partial charge in [-0.15, -0.1) is 0 Å². The van der Waals surface area contributed by atoms with Gasteiger partial charge >= 0.3 is 5.97 Å². The molecule has 0 aliphatic rings. The fraction of sp³-hybridized carbons (Fsp3) is 0.462. The Morgan fingerprint density at radius 3 is 2.56 bits per heavy atom. The second kappa shape index (κ2) is 6.20. The third-order valence-electron chi connectivity index (χ3n) is 2.09. The van der Waals surface area contributed by atoms with Crippen LogP contribution in [0, 0.1) is 0 Å². The molecule has 0 aliphatic carbocycles. The topological polar surface area (TPSA) is 61.5 Å². The molecule has 5 heteroatoms. The van der Waals surface area contributed by atoms with Gasteiger partial charge in [-0.05, 0) is 39.0 Å². The van der Waals surface area contributed by atoms with Crippen LogP contribution in [0.3, 0.4) is 0 Å². The third kappa shape index (κ3) is 5.06. The van der Waals surface area contributed by atoms with Crippen molar-refractivity contribution in [1.29, 1.82) is 0 Å². The molecule has 0 atom stereocenters. The molecular formula is C13H18BrNO3. The van der Waals surface area contributed by atoms with E-state index in [0.717, 1.165) is 4.47 Å². The highest BCUT2D eigenvalue weighted by Gasteiger charge is 2.13. The normalized spacial score (nSPS) is 11.3. The van der Waals surface area contributed by atoms with Gasteiger partial charge in [-0.3, -0.25) is 0 Å². The SMILES string of the molecule is CC(C)(C)OCCOC(=O)c1ccc(Br)cc1N. The summed E-state index contributed by atoms with van der Waals surface area (Å²) >= 11 is 3.28. The van der Waals surface area contributed by atoms with Crippen LogP contribution >= 0.6 is 15.9 Å². The number of hydrogen-bond donors (Lipinski definition) is 1. The monoisotopic (exact) mass is 315 g/mol. The van der Waals surface area contributed by atoms with Crippen LogP contribution in [-0.2, 0) is 9.47 Å². The number of esters is 1. The van der Waals surface area contributed by atoms with Crippen molar-refractivity contribution in [3.63, 3.8) is 0 Å². The zero-order valence-electron chi connectivity index (χ0n) is 10.8. The van der Waals surface area contributed by atoms with Gasteiger partial charge in [0, 0.05) is 10.2 Å². The predicted octanol–water partition coefficient (Wildman–Crippen LogP) is 3.00. The fourth-order valence-electron chi connectivity index (χ4n) is 1.28.